The van der Waals surface area contributed by atoms with E-state index in [-0.39, 0.29) is 23.2 Å². The highest BCUT2D eigenvalue weighted by Crippen LogP contribution is 2.38. The number of carbonyl (C=O) groups excluding carboxylic acids is 1. The Morgan fingerprint density at radius 3 is 2.52 bits per heavy atom. The molecule has 1 aliphatic heterocycles. The molecule has 1 heterocycles. The van der Waals surface area contributed by atoms with Gasteiger partial charge in [-0.25, -0.2) is 4.79 Å². The van der Waals surface area contributed by atoms with Crippen LogP contribution in [0.15, 0.2) is 12.2 Å². The zero-order valence-corrected chi connectivity index (χ0v) is 15.4. The second-order valence-corrected chi connectivity index (χ2v) is 12.0. The van der Waals surface area contributed by atoms with Crippen LogP contribution in [0.4, 0.5) is 0 Å². The van der Waals surface area contributed by atoms with Gasteiger partial charge in [0.1, 0.15) is 6.10 Å². The van der Waals surface area contributed by atoms with E-state index in [0.717, 1.165) is 0 Å². The van der Waals surface area contributed by atoms with E-state index in [2.05, 4.69) is 40.8 Å². The van der Waals surface area contributed by atoms with Gasteiger partial charge in [0.05, 0.1) is 12.7 Å². The summed E-state index contributed by atoms with van der Waals surface area (Å²) in [5.41, 5.74) is 0. The van der Waals surface area contributed by atoms with Crippen LogP contribution in [0.5, 0.6) is 0 Å². The summed E-state index contributed by atoms with van der Waals surface area (Å²) < 4.78 is 16.7. The van der Waals surface area contributed by atoms with E-state index in [1.807, 2.05) is 0 Å². The molecule has 3 atom stereocenters. The number of hydrogen-bond acceptors (Lipinski definition) is 4. The van der Waals surface area contributed by atoms with Crippen molar-refractivity contribution in [2.24, 2.45) is 5.92 Å². The van der Waals surface area contributed by atoms with Gasteiger partial charge in [-0.1, -0.05) is 27.7 Å². The van der Waals surface area contributed by atoms with Crippen LogP contribution in [0.25, 0.3) is 0 Å². The van der Waals surface area contributed by atoms with Crippen LogP contribution in [-0.4, -0.2) is 39.7 Å². The molecule has 0 aromatic rings. The van der Waals surface area contributed by atoms with E-state index >= 15 is 0 Å². The van der Waals surface area contributed by atoms with E-state index in [1.54, 1.807) is 13.0 Å². The van der Waals surface area contributed by atoms with Gasteiger partial charge in [-0.2, -0.15) is 0 Å². The SMILES string of the molecule is CCOC(=O)/C=C/[C@@H]1O[C@@H]1[C@H](C)CO[Si](C)(C)C(C)(C)C. The van der Waals surface area contributed by atoms with Crippen molar-refractivity contribution in [2.45, 2.75) is 65.0 Å². The third-order valence-electron chi connectivity index (χ3n) is 4.34. The Morgan fingerprint density at radius 1 is 1.38 bits per heavy atom. The zero-order chi connectivity index (χ0) is 16.3. The van der Waals surface area contributed by atoms with Crippen molar-refractivity contribution >= 4 is 14.3 Å². The quantitative estimate of drug-likeness (QED) is 0.312. The summed E-state index contributed by atoms with van der Waals surface area (Å²) in [7, 11) is -1.70. The normalized spacial score (nSPS) is 24.1. The van der Waals surface area contributed by atoms with Gasteiger partial charge in [0.25, 0.3) is 0 Å². The van der Waals surface area contributed by atoms with Crippen molar-refractivity contribution in [1.29, 1.82) is 0 Å². The molecule has 0 unspecified atom stereocenters. The number of ether oxygens (including phenoxy) is 2. The smallest absolute Gasteiger partial charge is 0.330 e. The second kappa shape index (κ2) is 7.07. The molecule has 1 fully saturated rings. The second-order valence-electron chi connectivity index (χ2n) is 7.23. The molecule has 0 aliphatic carbocycles. The van der Waals surface area contributed by atoms with Gasteiger partial charge >= 0.3 is 5.97 Å². The van der Waals surface area contributed by atoms with E-state index in [1.165, 1.54) is 6.08 Å². The first kappa shape index (κ1) is 18.4. The van der Waals surface area contributed by atoms with Crippen molar-refractivity contribution in [1.82, 2.24) is 0 Å². The molecule has 0 amide bonds. The Hall–Kier alpha value is -0.653. The molecule has 1 saturated heterocycles. The maximum atomic E-state index is 11.2. The maximum Gasteiger partial charge on any atom is 0.330 e. The standard InChI is InChI=1S/C16H30O4Si/c1-8-18-14(17)10-9-13-15(20-13)12(2)11-19-21(6,7)16(3,4)5/h9-10,12-13,15H,8,11H2,1-7H3/b10-9+/t12-,13+,15-/m1/s1. The average molecular weight is 314 g/mol. The van der Waals surface area contributed by atoms with Gasteiger partial charge in [0, 0.05) is 18.6 Å². The van der Waals surface area contributed by atoms with E-state index in [4.69, 9.17) is 13.9 Å². The Bertz CT molecular complexity index is 384. The molecule has 0 radical (unpaired) electrons. The van der Waals surface area contributed by atoms with Crippen molar-refractivity contribution in [3.63, 3.8) is 0 Å². The van der Waals surface area contributed by atoms with Crippen molar-refractivity contribution in [2.75, 3.05) is 13.2 Å². The highest BCUT2D eigenvalue weighted by molar-refractivity contribution is 6.74. The number of rotatable bonds is 7. The van der Waals surface area contributed by atoms with Crippen LogP contribution >= 0.6 is 0 Å². The van der Waals surface area contributed by atoms with E-state index < -0.39 is 8.32 Å². The van der Waals surface area contributed by atoms with E-state index in [9.17, 15) is 4.79 Å². The number of carbonyl (C=O) groups is 1. The molecule has 0 N–H and O–H groups in total. The highest BCUT2D eigenvalue weighted by Gasteiger charge is 2.43. The third-order valence-corrected chi connectivity index (χ3v) is 8.84. The summed E-state index contributed by atoms with van der Waals surface area (Å²) in [5.74, 6) is 0.0212. The highest BCUT2D eigenvalue weighted by atomic mass is 28.4. The predicted molar refractivity (Wildman–Crippen MR) is 86.7 cm³/mol. The lowest BCUT2D eigenvalue weighted by Crippen LogP contribution is -2.42. The Kier molecular flexibility index (Phi) is 6.19. The third kappa shape index (κ3) is 5.56. The molecule has 0 bridgehead atoms. The molecular formula is C16H30O4Si. The molecule has 0 aromatic carbocycles. The predicted octanol–water partition coefficient (Wildman–Crippen LogP) is 3.53. The number of esters is 1. The summed E-state index contributed by atoms with van der Waals surface area (Å²) in [6, 6.07) is 0. The number of epoxide rings is 1. The summed E-state index contributed by atoms with van der Waals surface area (Å²) in [5, 5.41) is 0.223. The lowest BCUT2D eigenvalue weighted by Gasteiger charge is -2.36. The molecule has 0 spiro atoms. The molecule has 1 rings (SSSR count). The molecule has 5 heteroatoms. The molecule has 122 valence electrons. The van der Waals surface area contributed by atoms with Crippen molar-refractivity contribution in [3.8, 4) is 0 Å². The number of hydrogen-bond donors (Lipinski definition) is 0. The Balaban J connectivity index is 2.36. The topological polar surface area (TPSA) is 48.1 Å². The first-order chi connectivity index (χ1) is 9.58. The Morgan fingerprint density at radius 2 is 2.00 bits per heavy atom. The minimum absolute atomic E-state index is 0.0208. The Labute approximate surface area is 130 Å². The molecule has 0 saturated carbocycles. The van der Waals surface area contributed by atoms with Crippen LogP contribution in [0.2, 0.25) is 18.1 Å². The van der Waals surface area contributed by atoms with Crippen LogP contribution in [0.3, 0.4) is 0 Å². The minimum Gasteiger partial charge on any atom is -0.463 e. The van der Waals surface area contributed by atoms with Gasteiger partial charge in [-0.05, 0) is 31.1 Å². The van der Waals surface area contributed by atoms with Gasteiger partial charge < -0.3 is 13.9 Å². The molecule has 21 heavy (non-hydrogen) atoms. The summed E-state index contributed by atoms with van der Waals surface area (Å²) in [4.78, 5) is 11.2. The monoisotopic (exact) mass is 314 g/mol. The first-order valence-corrected chi connectivity index (χ1v) is 10.6. The maximum absolute atomic E-state index is 11.2. The minimum atomic E-state index is -1.70. The van der Waals surface area contributed by atoms with Gasteiger partial charge in [-0.15, -0.1) is 0 Å². The lowest BCUT2D eigenvalue weighted by molar-refractivity contribution is -0.137. The lowest BCUT2D eigenvalue weighted by atomic mass is 10.1. The van der Waals surface area contributed by atoms with E-state index in [0.29, 0.717) is 19.1 Å². The summed E-state index contributed by atoms with van der Waals surface area (Å²) in [6.07, 6.45) is 3.41. The fourth-order valence-corrected chi connectivity index (χ4v) is 2.88. The van der Waals surface area contributed by atoms with Gasteiger partial charge in [0.2, 0.25) is 0 Å². The first-order valence-electron chi connectivity index (χ1n) is 7.73. The molecule has 1 aliphatic rings. The molecule has 0 aromatic heterocycles. The average Bonchev–Trinajstić information content (AvgIpc) is 3.12. The van der Waals surface area contributed by atoms with Crippen molar-refractivity contribution in [3.05, 3.63) is 12.2 Å². The van der Waals surface area contributed by atoms with Crippen LogP contribution in [-0.2, 0) is 18.7 Å². The molecular weight excluding hydrogens is 284 g/mol. The zero-order valence-electron chi connectivity index (χ0n) is 14.4. The van der Waals surface area contributed by atoms with Gasteiger partial charge in [-0.3, -0.25) is 0 Å². The van der Waals surface area contributed by atoms with Crippen LogP contribution in [0, 0.1) is 5.92 Å². The summed E-state index contributed by atoms with van der Waals surface area (Å²) >= 11 is 0. The van der Waals surface area contributed by atoms with Crippen LogP contribution < -0.4 is 0 Å². The fourth-order valence-electron chi connectivity index (χ4n) is 1.76. The fraction of sp³-hybridized carbons (Fsp3) is 0.812. The molecule has 4 nitrogen and oxygen atoms in total. The van der Waals surface area contributed by atoms with Crippen LogP contribution in [0.1, 0.15) is 34.6 Å². The van der Waals surface area contributed by atoms with Crippen molar-refractivity contribution < 1.29 is 18.7 Å². The van der Waals surface area contributed by atoms with Gasteiger partial charge in [0.15, 0.2) is 8.32 Å². The largest absolute Gasteiger partial charge is 0.463 e. The summed E-state index contributed by atoms with van der Waals surface area (Å²) in [6.45, 7) is 16.3.